The molecule has 1 aliphatic rings. The van der Waals surface area contributed by atoms with Gasteiger partial charge in [0.05, 0.1) is 5.92 Å². The molecule has 1 fully saturated rings. The summed E-state index contributed by atoms with van der Waals surface area (Å²) >= 11 is 0. The average Bonchev–Trinajstić information content (AvgIpc) is 2.62. The van der Waals surface area contributed by atoms with Gasteiger partial charge >= 0.3 is 11.9 Å². The van der Waals surface area contributed by atoms with Crippen LogP contribution in [0.25, 0.3) is 0 Å². The first-order valence-corrected chi connectivity index (χ1v) is 4.08. The van der Waals surface area contributed by atoms with Crippen molar-refractivity contribution in [1.82, 2.24) is 0 Å². The minimum Gasteiger partial charge on any atom is -0.481 e. The summed E-state index contributed by atoms with van der Waals surface area (Å²) in [6.45, 7) is 1.76. The first kappa shape index (κ1) is 9.98. The zero-order valence-corrected chi connectivity index (χ0v) is 7.36. The number of rotatable bonds is 4. The van der Waals surface area contributed by atoms with Crippen molar-refractivity contribution in [3.8, 4) is 0 Å². The van der Waals surface area contributed by atoms with E-state index >= 15 is 0 Å². The highest BCUT2D eigenvalue weighted by molar-refractivity contribution is 5.76. The number of hydrogen-bond donors (Lipinski definition) is 3. The third-order valence-corrected chi connectivity index (χ3v) is 2.65. The molecule has 0 aromatic carbocycles. The van der Waals surface area contributed by atoms with Gasteiger partial charge in [0.2, 0.25) is 0 Å². The summed E-state index contributed by atoms with van der Waals surface area (Å²) in [4.78, 5) is 20.9. The molecule has 1 aliphatic carbocycles. The Hall–Kier alpha value is -1.10. The third-order valence-electron chi connectivity index (χ3n) is 2.65. The van der Waals surface area contributed by atoms with Crippen LogP contribution in [0, 0.1) is 11.3 Å². The molecule has 5 heteroatoms. The average molecular weight is 187 g/mol. The second kappa shape index (κ2) is 2.99. The monoisotopic (exact) mass is 187 g/mol. The van der Waals surface area contributed by atoms with E-state index in [2.05, 4.69) is 0 Å². The van der Waals surface area contributed by atoms with Crippen LogP contribution in [0.3, 0.4) is 0 Å². The minimum absolute atomic E-state index is 0.235. The van der Waals surface area contributed by atoms with Gasteiger partial charge in [-0.15, -0.1) is 0 Å². The van der Waals surface area contributed by atoms with E-state index in [-0.39, 0.29) is 6.42 Å². The molecule has 13 heavy (non-hydrogen) atoms. The summed E-state index contributed by atoms with van der Waals surface area (Å²) in [5.41, 5.74) is 4.90. The molecule has 4 N–H and O–H groups in total. The van der Waals surface area contributed by atoms with E-state index in [1.165, 1.54) is 0 Å². The lowest BCUT2D eigenvalue weighted by atomic mass is 9.97. The van der Waals surface area contributed by atoms with Crippen LogP contribution in [0.2, 0.25) is 0 Å². The van der Waals surface area contributed by atoms with Gasteiger partial charge in [0, 0.05) is 0 Å². The molecule has 0 radical (unpaired) electrons. The fourth-order valence-electron chi connectivity index (χ4n) is 1.61. The Morgan fingerprint density at radius 3 is 2.46 bits per heavy atom. The molecule has 1 rings (SSSR count). The predicted molar refractivity (Wildman–Crippen MR) is 44.1 cm³/mol. The third kappa shape index (κ3) is 1.98. The topological polar surface area (TPSA) is 101 Å². The minimum atomic E-state index is -1.07. The van der Waals surface area contributed by atoms with Crippen LogP contribution in [-0.2, 0) is 9.59 Å². The zero-order chi connectivity index (χ0) is 10.2. The zero-order valence-electron chi connectivity index (χ0n) is 7.36. The maximum atomic E-state index is 10.5. The van der Waals surface area contributed by atoms with Crippen molar-refractivity contribution in [3.63, 3.8) is 0 Å². The Kier molecular flexibility index (Phi) is 2.30. The van der Waals surface area contributed by atoms with Gasteiger partial charge < -0.3 is 15.9 Å². The molecule has 0 aromatic heterocycles. The fourth-order valence-corrected chi connectivity index (χ4v) is 1.61. The van der Waals surface area contributed by atoms with Gasteiger partial charge in [0.25, 0.3) is 0 Å². The molecule has 1 saturated carbocycles. The van der Waals surface area contributed by atoms with Gasteiger partial charge in [-0.2, -0.15) is 0 Å². The largest absolute Gasteiger partial charge is 0.481 e. The van der Waals surface area contributed by atoms with Crippen LogP contribution >= 0.6 is 0 Å². The smallest absolute Gasteiger partial charge is 0.320 e. The molecule has 0 spiro atoms. The molecule has 0 amide bonds. The maximum absolute atomic E-state index is 10.5. The van der Waals surface area contributed by atoms with E-state index in [1.807, 2.05) is 0 Å². The maximum Gasteiger partial charge on any atom is 0.320 e. The van der Waals surface area contributed by atoms with Gasteiger partial charge in [-0.05, 0) is 18.3 Å². The van der Waals surface area contributed by atoms with Crippen LogP contribution in [0.1, 0.15) is 19.8 Å². The van der Waals surface area contributed by atoms with Gasteiger partial charge in [0.1, 0.15) is 6.04 Å². The second-order valence-corrected chi connectivity index (χ2v) is 3.90. The summed E-state index contributed by atoms with van der Waals surface area (Å²) in [7, 11) is 0. The Balaban J connectivity index is 2.48. The Morgan fingerprint density at radius 1 is 1.62 bits per heavy atom. The molecule has 0 aromatic rings. The van der Waals surface area contributed by atoms with Gasteiger partial charge in [0.15, 0.2) is 0 Å². The molecular formula is C8H13NO4. The number of carboxylic acid groups (broad SMARTS) is 2. The number of aliphatic carboxylic acids is 2. The first-order valence-electron chi connectivity index (χ1n) is 4.08. The van der Waals surface area contributed by atoms with Crippen LogP contribution in [-0.4, -0.2) is 28.2 Å². The van der Waals surface area contributed by atoms with Gasteiger partial charge in [-0.25, -0.2) is 0 Å². The fraction of sp³-hybridized carbons (Fsp3) is 0.750. The van der Waals surface area contributed by atoms with Crippen molar-refractivity contribution in [1.29, 1.82) is 0 Å². The van der Waals surface area contributed by atoms with Crippen molar-refractivity contribution in [2.45, 2.75) is 25.8 Å². The van der Waals surface area contributed by atoms with E-state index in [4.69, 9.17) is 15.9 Å². The highest BCUT2D eigenvalue weighted by Gasteiger charge is 2.55. The van der Waals surface area contributed by atoms with E-state index < -0.39 is 29.3 Å². The molecule has 0 heterocycles. The van der Waals surface area contributed by atoms with E-state index in [1.54, 1.807) is 6.92 Å². The van der Waals surface area contributed by atoms with Gasteiger partial charge in [-0.1, -0.05) is 6.92 Å². The Bertz CT molecular complexity index is 253. The summed E-state index contributed by atoms with van der Waals surface area (Å²) in [6, 6.07) is -0.950. The SMILES string of the molecule is C[C@]1(C[C@H](N)C(=O)O)C[C@H]1C(=O)O. The Labute approximate surface area is 75.5 Å². The van der Waals surface area contributed by atoms with Crippen molar-refractivity contribution in [3.05, 3.63) is 0 Å². The van der Waals surface area contributed by atoms with Crippen molar-refractivity contribution < 1.29 is 19.8 Å². The van der Waals surface area contributed by atoms with E-state index in [9.17, 15) is 9.59 Å². The lowest BCUT2D eigenvalue weighted by molar-refractivity contribution is -0.141. The summed E-state index contributed by atoms with van der Waals surface area (Å²) in [5, 5.41) is 17.2. The molecule has 0 unspecified atom stereocenters. The van der Waals surface area contributed by atoms with Crippen molar-refractivity contribution >= 4 is 11.9 Å². The molecule has 74 valence electrons. The standard InChI is InChI=1S/C8H13NO4/c1-8(2-4(8)6(10)11)3-5(9)7(12)13/h4-5H,2-3,9H2,1H3,(H,10,11)(H,12,13)/t4-,5-,8+/m0/s1. The highest BCUT2D eigenvalue weighted by atomic mass is 16.4. The number of hydrogen-bond acceptors (Lipinski definition) is 3. The predicted octanol–water partition coefficient (Wildman–Crippen LogP) is -0.101. The number of nitrogens with two attached hydrogens (primary N) is 1. The van der Waals surface area contributed by atoms with E-state index in [0.29, 0.717) is 6.42 Å². The van der Waals surface area contributed by atoms with E-state index in [0.717, 1.165) is 0 Å². The summed E-state index contributed by atoms with van der Waals surface area (Å²) < 4.78 is 0. The highest BCUT2D eigenvalue weighted by Crippen LogP contribution is 2.55. The Morgan fingerprint density at radius 2 is 2.15 bits per heavy atom. The molecule has 5 nitrogen and oxygen atoms in total. The number of carbonyl (C=O) groups is 2. The van der Waals surface area contributed by atoms with Crippen molar-refractivity contribution in [2.75, 3.05) is 0 Å². The normalized spacial score (nSPS) is 33.8. The molecular weight excluding hydrogens is 174 g/mol. The van der Waals surface area contributed by atoms with Crippen molar-refractivity contribution in [2.24, 2.45) is 17.1 Å². The summed E-state index contributed by atoms with van der Waals surface area (Å²) in [6.07, 6.45) is 0.766. The lowest BCUT2D eigenvalue weighted by Crippen LogP contribution is -2.33. The lowest BCUT2D eigenvalue weighted by Gasteiger charge is -2.12. The van der Waals surface area contributed by atoms with Crippen LogP contribution < -0.4 is 5.73 Å². The van der Waals surface area contributed by atoms with Crippen LogP contribution in [0.15, 0.2) is 0 Å². The van der Waals surface area contributed by atoms with Crippen LogP contribution in [0.5, 0.6) is 0 Å². The second-order valence-electron chi connectivity index (χ2n) is 3.90. The van der Waals surface area contributed by atoms with Gasteiger partial charge in [-0.3, -0.25) is 9.59 Å². The van der Waals surface area contributed by atoms with Crippen LogP contribution in [0.4, 0.5) is 0 Å². The first-order chi connectivity index (χ1) is 5.87. The molecule has 0 aliphatic heterocycles. The summed E-state index contributed by atoms with van der Waals surface area (Å²) in [5.74, 6) is -2.35. The molecule has 0 bridgehead atoms. The number of carboxylic acids is 2. The quantitative estimate of drug-likeness (QED) is 0.570. The molecule has 3 atom stereocenters. The molecule has 0 saturated heterocycles.